The lowest BCUT2D eigenvalue weighted by Gasteiger charge is -2.36. The van der Waals surface area contributed by atoms with Crippen molar-refractivity contribution in [3.63, 3.8) is 0 Å². The Labute approximate surface area is 166 Å². The molecule has 3 N–H and O–H groups in total. The Balaban J connectivity index is 1.83. The van der Waals surface area contributed by atoms with Crippen molar-refractivity contribution in [3.05, 3.63) is 52.5 Å². The van der Waals surface area contributed by atoms with Gasteiger partial charge in [0.05, 0.1) is 22.1 Å². The van der Waals surface area contributed by atoms with E-state index in [0.717, 1.165) is 25.1 Å². The number of amides is 1. The van der Waals surface area contributed by atoms with Crippen LogP contribution in [0.1, 0.15) is 61.9 Å². The number of carbonyl (C=O) groups excluding carboxylic acids is 1. The second-order valence-corrected chi connectivity index (χ2v) is 8.07. The average molecular weight is 386 g/mol. The van der Waals surface area contributed by atoms with Gasteiger partial charge in [-0.1, -0.05) is 37.6 Å². The summed E-state index contributed by atoms with van der Waals surface area (Å²) in [7, 11) is 0. The summed E-state index contributed by atoms with van der Waals surface area (Å²) in [5.41, 5.74) is 10.2. The first-order valence-electron chi connectivity index (χ1n) is 9.63. The van der Waals surface area contributed by atoms with Crippen LogP contribution in [0.15, 0.2) is 36.4 Å². The van der Waals surface area contributed by atoms with Crippen molar-refractivity contribution >= 4 is 34.6 Å². The van der Waals surface area contributed by atoms with E-state index in [-0.39, 0.29) is 5.91 Å². The Morgan fingerprint density at radius 3 is 2.56 bits per heavy atom. The predicted molar refractivity (Wildman–Crippen MR) is 115 cm³/mol. The highest BCUT2D eigenvalue weighted by atomic mass is 35.5. The van der Waals surface area contributed by atoms with E-state index in [9.17, 15) is 4.79 Å². The van der Waals surface area contributed by atoms with Gasteiger partial charge >= 0.3 is 0 Å². The minimum Gasteiger partial charge on any atom is -0.397 e. The van der Waals surface area contributed by atoms with Crippen LogP contribution in [0.4, 0.5) is 17.1 Å². The average Bonchev–Trinajstić information content (AvgIpc) is 2.64. The largest absolute Gasteiger partial charge is 0.397 e. The molecule has 4 nitrogen and oxygen atoms in total. The van der Waals surface area contributed by atoms with E-state index in [0.29, 0.717) is 33.9 Å². The van der Waals surface area contributed by atoms with Gasteiger partial charge in [-0.15, -0.1) is 0 Å². The van der Waals surface area contributed by atoms with E-state index in [1.54, 1.807) is 6.07 Å². The fraction of sp³-hybridized carbons (Fsp3) is 0.409. The van der Waals surface area contributed by atoms with Crippen LogP contribution in [0.2, 0.25) is 5.02 Å². The fourth-order valence-corrected chi connectivity index (χ4v) is 3.81. The Bertz CT molecular complexity index is 817. The topological polar surface area (TPSA) is 58.4 Å². The standard InChI is InChI=1S/C22H28ClN3O/c1-14(2)16-7-9-17(10-8-16)22(27)25-20-13-21(19(24)12-18(20)23)26-11-5-4-6-15(26)3/h7-10,12-15H,4-6,11,24H2,1-3H3,(H,25,27). The number of benzene rings is 2. The van der Waals surface area contributed by atoms with Crippen molar-refractivity contribution in [2.45, 2.75) is 52.0 Å². The number of carbonyl (C=O) groups is 1. The van der Waals surface area contributed by atoms with Crippen molar-refractivity contribution < 1.29 is 4.79 Å². The molecule has 5 heteroatoms. The Morgan fingerprint density at radius 1 is 1.22 bits per heavy atom. The van der Waals surface area contributed by atoms with Crippen LogP contribution in [0.3, 0.4) is 0 Å². The SMILES string of the molecule is CC(C)c1ccc(C(=O)Nc2cc(N3CCCCC3C)c(N)cc2Cl)cc1. The number of piperidine rings is 1. The zero-order chi connectivity index (χ0) is 19.6. The lowest BCUT2D eigenvalue weighted by atomic mass is 10.0. The molecule has 1 fully saturated rings. The van der Waals surface area contributed by atoms with E-state index in [2.05, 4.69) is 31.0 Å². The lowest BCUT2D eigenvalue weighted by molar-refractivity contribution is 0.102. The normalized spacial score (nSPS) is 17.2. The first-order chi connectivity index (χ1) is 12.9. The van der Waals surface area contributed by atoms with Crippen LogP contribution in [0.5, 0.6) is 0 Å². The fourth-order valence-electron chi connectivity index (χ4n) is 3.59. The summed E-state index contributed by atoms with van der Waals surface area (Å²) in [5, 5.41) is 3.40. The third-order valence-corrected chi connectivity index (χ3v) is 5.63. The molecular weight excluding hydrogens is 358 g/mol. The molecule has 2 aromatic carbocycles. The summed E-state index contributed by atoms with van der Waals surface area (Å²) >= 11 is 6.36. The van der Waals surface area contributed by atoms with Crippen LogP contribution < -0.4 is 16.0 Å². The minimum atomic E-state index is -0.172. The van der Waals surface area contributed by atoms with Crippen LogP contribution in [-0.4, -0.2) is 18.5 Å². The zero-order valence-corrected chi connectivity index (χ0v) is 17.0. The number of halogens is 1. The quantitative estimate of drug-likeness (QED) is 0.666. The molecule has 1 saturated heterocycles. The molecule has 0 aliphatic carbocycles. The molecule has 1 amide bonds. The molecule has 0 spiro atoms. The maximum absolute atomic E-state index is 12.7. The number of nitrogen functional groups attached to an aromatic ring is 1. The first kappa shape index (κ1) is 19.6. The van der Waals surface area contributed by atoms with Gasteiger partial charge in [0.15, 0.2) is 0 Å². The first-order valence-corrected chi connectivity index (χ1v) is 10.0. The molecule has 1 atom stereocenters. The third-order valence-electron chi connectivity index (χ3n) is 5.32. The van der Waals surface area contributed by atoms with Gasteiger partial charge in [0.25, 0.3) is 5.91 Å². The van der Waals surface area contributed by atoms with Crippen molar-refractivity contribution in [1.29, 1.82) is 0 Å². The predicted octanol–water partition coefficient (Wildman–Crippen LogP) is 5.68. The van der Waals surface area contributed by atoms with Crippen LogP contribution in [-0.2, 0) is 0 Å². The summed E-state index contributed by atoms with van der Waals surface area (Å²) in [4.78, 5) is 15.0. The zero-order valence-electron chi connectivity index (χ0n) is 16.3. The number of nitrogens with one attached hydrogen (secondary N) is 1. The maximum atomic E-state index is 12.7. The molecule has 0 saturated carbocycles. The lowest BCUT2D eigenvalue weighted by Crippen LogP contribution is -2.37. The van der Waals surface area contributed by atoms with E-state index in [4.69, 9.17) is 17.3 Å². The summed E-state index contributed by atoms with van der Waals surface area (Å²) in [6, 6.07) is 11.7. The minimum absolute atomic E-state index is 0.172. The number of hydrogen-bond donors (Lipinski definition) is 2. The van der Waals surface area contributed by atoms with Crippen molar-refractivity contribution in [2.24, 2.45) is 0 Å². The Kier molecular flexibility index (Phi) is 5.95. The highest BCUT2D eigenvalue weighted by Crippen LogP contribution is 2.36. The molecule has 1 unspecified atom stereocenters. The monoisotopic (exact) mass is 385 g/mol. The second kappa shape index (κ2) is 8.22. The number of hydrogen-bond acceptors (Lipinski definition) is 3. The Morgan fingerprint density at radius 2 is 1.93 bits per heavy atom. The van der Waals surface area contributed by atoms with E-state index in [1.165, 1.54) is 12.0 Å². The van der Waals surface area contributed by atoms with Crippen molar-refractivity contribution in [2.75, 3.05) is 22.5 Å². The number of anilines is 3. The molecule has 27 heavy (non-hydrogen) atoms. The van der Waals surface area contributed by atoms with Gasteiger partial charge in [0, 0.05) is 18.2 Å². The van der Waals surface area contributed by atoms with E-state index < -0.39 is 0 Å². The number of nitrogens with zero attached hydrogens (tertiary/aromatic N) is 1. The van der Waals surface area contributed by atoms with Gasteiger partial charge in [0.2, 0.25) is 0 Å². The summed E-state index contributed by atoms with van der Waals surface area (Å²) in [6.07, 6.45) is 3.53. The van der Waals surface area contributed by atoms with Gasteiger partial charge in [-0.3, -0.25) is 4.79 Å². The molecule has 0 aromatic heterocycles. The van der Waals surface area contributed by atoms with Crippen molar-refractivity contribution in [1.82, 2.24) is 0 Å². The van der Waals surface area contributed by atoms with Crippen LogP contribution in [0, 0.1) is 0 Å². The van der Waals surface area contributed by atoms with E-state index >= 15 is 0 Å². The molecule has 2 aromatic rings. The molecule has 0 bridgehead atoms. The highest BCUT2D eigenvalue weighted by Gasteiger charge is 2.22. The molecule has 1 heterocycles. The maximum Gasteiger partial charge on any atom is 0.255 e. The molecule has 3 rings (SSSR count). The molecular formula is C22H28ClN3O. The van der Waals surface area contributed by atoms with Crippen LogP contribution in [0.25, 0.3) is 0 Å². The smallest absolute Gasteiger partial charge is 0.255 e. The third kappa shape index (κ3) is 4.38. The van der Waals surface area contributed by atoms with Gasteiger partial charge in [0.1, 0.15) is 0 Å². The molecule has 1 aliphatic heterocycles. The highest BCUT2D eigenvalue weighted by molar-refractivity contribution is 6.34. The number of rotatable bonds is 4. The number of nitrogens with two attached hydrogens (primary N) is 1. The van der Waals surface area contributed by atoms with Crippen LogP contribution >= 0.6 is 11.6 Å². The van der Waals surface area contributed by atoms with E-state index in [1.807, 2.05) is 30.3 Å². The molecule has 144 valence electrons. The summed E-state index contributed by atoms with van der Waals surface area (Å²) in [5.74, 6) is 0.261. The summed E-state index contributed by atoms with van der Waals surface area (Å²) < 4.78 is 0. The van der Waals surface area contributed by atoms with Gasteiger partial charge in [-0.25, -0.2) is 0 Å². The molecule has 0 radical (unpaired) electrons. The Hall–Kier alpha value is -2.20. The van der Waals surface area contributed by atoms with Gasteiger partial charge in [-0.2, -0.15) is 0 Å². The van der Waals surface area contributed by atoms with Gasteiger partial charge in [-0.05, 0) is 61.9 Å². The second-order valence-electron chi connectivity index (χ2n) is 7.66. The summed E-state index contributed by atoms with van der Waals surface area (Å²) in [6.45, 7) is 7.44. The van der Waals surface area contributed by atoms with Crippen molar-refractivity contribution in [3.8, 4) is 0 Å². The molecule has 1 aliphatic rings. The van der Waals surface area contributed by atoms with Gasteiger partial charge < -0.3 is 16.0 Å².